The molecule has 1 fully saturated rings. The Hall–Kier alpha value is -2.88. The Morgan fingerprint density at radius 3 is 2.17 bits per heavy atom. The Labute approximate surface area is 238 Å². The molecule has 0 heterocycles. The number of amides is 1. The SMILES string of the molecule is Cc1ccc(C(C(N)=O)C2CCC(CN(Cc3cccc(C(F)(F)F)c3Cl)S(=O)(=O)c3ccccc3)CC2)cc1. The number of carbonyl (C=O) groups excluding carboxylic acids is 1. The van der Waals surface area contributed by atoms with E-state index in [2.05, 4.69) is 0 Å². The normalized spacial score (nSPS) is 18.9. The molecular formula is C30H32ClF3N2O3S. The molecule has 0 spiro atoms. The molecule has 10 heteroatoms. The van der Waals surface area contributed by atoms with E-state index < -0.39 is 32.7 Å². The summed E-state index contributed by atoms with van der Waals surface area (Å²) in [5.74, 6) is -0.853. The van der Waals surface area contributed by atoms with Crippen molar-refractivity contribution < 1.29 is 26.4 Å². The molecule has 1 saturated carbocycles. The minimum absolute atomic E-state index is 0.0218. The Morgan fingerprint density at radius 1 is 0.975 bits per heavy atom. The van der Waals surface area contributed by atoms with Gasteiger partial charge in [0.1, 0.15) is 0 Å². The van der Waals surface area contributed by atoms with Gasteiger partial charge in [-0.05, 0) is 73.8 Å². The molecule has 4 rings (SSSR count). The molecule has 1 atom stereocenters. The van der Waals surface area contributed by atoms with Gasteiger partial charge in [-0.3, -0.25) is 4.79 Å². The lowest BCUT2D eigenvalue weighted by atomic mass is 9.73. The molecule has 2 N–H and O–H groups in total. The highest BCUT2D eigenvalue weighted by atomic mass is 35.5. The predicted octanol–water partition coefficient (Wildman–Crippen LogP) is 6.93. The van der Waals surface area contributed by atoms with Crippen molar-refractivity contribution in [3.63, 3.8) is 0 Å². The number of aryl methyl sites for hydroxylation is 1. The first kappa shape index (κ1) is 30.1. The van der Waals surface area contributed by atoms with E-state index in [9.17, 15) is 26.4 Å². The molecule has 5 nitrogen and oxygen atoms in total. The average molecular weight is 593 g/mol. The zero-order valence-corrected chi connectivity index (χ0v) is 23.6. The van der Waals surface area contributed by atoms with Crippen LogP contribution < -0.4 is 5.73 Å². The highest BCUT2D eigenvalue weighted by molar-refractivity contribution is 7.89. The average Bonchev–Trinajstić information content (AvgIpc) is 2.91. The fourth-order valence-electron chi connectivity index (χ4n) is 5.53. The molecule has 0 aliphatic heterocycles. The third kappa shape index (κ3) is 6.87. The van der Waals surface area contributed by atoms with Gasteiger partial charge in [-0.15, -0.1) is 0 Å². The fraction of sp³-hybridized carbons (Fsp3) is 0.367. The molecule has 3 aromatic carbocycles. The number of benzene rings is 3. The van der Waals surface area contributed by atoms with Crippen LogP contribution in [0.25, 0.3) is 0 Å². The van der Waals surface area contributed by atoms with Crippen LogP contribution >= 0.6 is 11.6 Å². The first-order valence-electron chi connectivity index (χ1n) is 13.1. The minimum atomic E-state index is -4.66. The van der Waals surface area contributed by atoms with Gasteiger partial charge in [-0.25, -0.2) is 8.42 Å². The van der Waals surface area contributed by atoms with Gasteiger partial charge in [0.15, 0.2) is 0 Å². The van der Waals surface area contributed by atoms with Crippen molar-refractivity contribution in [1.29, 1.82) is 0 Å². The summed E-state index contributed by atoms with van der Waals surface area (Å²) < 4.78 is 69.0. The van der Waals surface area contributed by atoms with E-state index in [0.29, 0.717) is 25.7 Å². The summed E-state index contributed by atoms with van der Waals surface area (Å²) in [5.41, 5.74) is 6.83. The zero-order valence-electron chi connectivity index (χ0n) is 22.1. The van der Waals surface area contributed by atoms with Gasteiger partial charge < -0.3 is 5.73 Å². The highest BCUT2D eigenvalue weighted by Gasteiger charge is 2.37. The maximum atomic E-state index is 13.7. The van der Waals surface area contributed by atoms with Crippen LogP contribution in [0, 0.1) is 18.8 Å². The molecule has 1 amide bonds. The molecule has 0 radical (unpaired) electrons. The summed E-state index contributed by atoms with van der Waals surface area (Å²) in [6.45, 7) is 1.78. The molecule has 0 saturated heterocycles. The first-order chi connectivity index (χ1) is 18.9. The number of carbonyl (C=O) groups is 1. The molecule has 40 heavy (non-hydrogen) atoms. The van der Waals surface area contributed by atoms with Crippen LogP contribution in [0.15, 0.2) is 77.7 Å². The lowest BCUT2D eigenvalue weighted by Gasteiger charge is -2.35. The van der Waals surface area contributed by atoms with E-state index >= 15 is 0 Å². The summed E-state index contributed by atoms with van der Waals surface area (Å²) in [5, 5.41) is -0.505. The van der Waals surface area contributed by atoms with E-state index in [1.807, 2.05) is 31.2 Å². The quantitative estimate of drug-likeness (QED) is 0.292. The van der Waals surface area contributed by atoms with E-state index in [-0.39, 0.29) is 41.3 Å². The number of hydrogen-bond donors (Lipinski definition) is 1. The van der Waals surface area contributed by atoms with Gasteiger partial charge in [0.05, 0.1) is 21.4 Å². The monoisotopic (exact) mass is 592 g/mol. The number of halogens is 4. The van der Waals surface area contributed by atoms with Crippen molar-refractivity contribution in [2.24, 2.45) is 17.6 Å². The van der Waals surface area contributed by atoms with Crippen LogP contribution in [0.1, 0.15) is 53.9 Å². The van der Waals surface area contributed by atoms with Crippen molar-refractivity contribution in [2.75, 3.05) is 6.54 Å². The molecule has 0 aromatic heterocycles. The highest BCUT2D eigenvalue weighted by Crippen LogP contribution is 2.40. The van der Waals surface area contributed by atoms with Crippen LogP contribution in [-0.4, -0.2) is 25.2 Å². The van der Waals surface area contributed by atoms with Gasteiger partial charge in [0.25, 0.3) is 0 Å². The maximum Gasteiger partial charge on any atom is 0.417 e. The van der Waals surface area contributed by atoms with Crippen molar-refractivity contribution >= 4 is 27.5 Å². The van der Waals surface area contributed by atoms with E-state index in [1.54, 1.807) is 18.2 Å². The van der Waals surface area contributed by atoms with Crippen LogP contribution in [0.3, 0.4) is 0 Å². The van der Waals surface area contributed by atoms with Crippen molar-refractivity contribution in [1.82, 2.24) is 4.31 Å². The molecule has 3 aromatic rings. The van der Waals surface area contributed by atoms with Gasteiger partial charge in [-0.2, -0.15) is 17.5 Å². The summed E-state index contributed by atoms with van der Waals surface area (Å²) in [6, 6.07) is 19.1. The van der Waals surface area contributed by atoms with Gasteiger partial charge in [-0.1, -0.05) is 71.8 Å². The van der Waals surface area contributed by atoms with Crippen molar-refractivity contribution in [3.8, 4) is 0 Å². The summed E-state index contributed by atoms with van der Waals surface area (Å²) in [7, 11) is -4.03. The third-order valence-corrected chi connectivity index (χ3v) is 9.95. The molecule has 0 bridgehead atoms. The molecule has 1 aliphatic rings. The van der Waals surface area contributed by atoms with Gasteiger partial charge in [0.2, 0.25) is 15.9 Å². The Morgan fingerprint density at radius 2 is 1.60 bits per heavy atom. The number of sulfonamides is 1. The number of nitrogens with zero attached hydrogens (tertiary/aromatic N) is 1. The van der Waals surface area contributed by atoms with Crippen LogP contribution in [-0.2, 0) is 27.5 Å². The van der Waals surface area contributed by atoms with E-state index in [0.717, 1.165) is 17.2 Å². The number of alkyl halides is 3. The lowest BCUT2D eigenvalue weighted by Crippen LogP contribution is -2.37. The summed E-state index contributed by atoms with van der Waals surface area (Å²) >= 11 is 6.14. The van der Waals surface area contributed by atoms with E-state index in [4.69, 9.17) is 17.3 Å². The summed E-state index contributed by atoms with van der Waals surface area (Å²) in [6.07, 6.45) is -2.01. The predicted molar refractivity (Wildman–Crippen MR) is 149 cm³/mol. The Bertz CT molecular complexity index is 1420. The lowest BCUT2D eigenvalue weighted by molar-refractivity contribution is -0.137. The molecule has 1 aliphatic carbocycles. The van der Waals surface area contributed by atoms with Crippen molar-refractivity contribution in [3.05, 3.63) is 100 Å². The Balaban J connectivity index is 1.56. The van der Waals surface area contributed by atoms with Crippen LogP contribution in [0.2, 0.25) is 5.02 Å². The fourth-order valence-corrected chi connectivity index (χ4v) is 7.34. The zero-order chi connectivity index (χ0) is 29.1. The topological polar surface area (TPSA) is 80.5 Å². The van der Waals surface area contributed by atoms with Crippen molar-refractivity contribution in [2.45, 2.75) is 56.1 Å². The Kier molecular flexibility index (Phi) is 9.27. The second-order valence-corrected chi connectivity index (χ2v) is 12.8. The van der Waals surface area contributed by atoms with Gasteiger partial charge >= 0.3 is 6.18 Å². The second-order valence-electron chi connectivity index (χ2n) is 10.5. The number of nitrogens with two attached hydrogens (primary N) is 1. The maximum absolute atomic E-state index is 13.7. The number of hydrogen-bond acceptors (Lipinski definition) is 3. The standard InChI is InChI=1S/C30H32ClF3N2O3S/c1-20-10-14-22(15-11-20)27(29(35)37)23-16-12-21(13-17-23)18-36(40(38,39)25-7-3-2-4-8-25)19-24-6-5-9-26(28(24)31)30(32,33)34/h2-11,14-15,21,23,27H,12-13,16-19H2,1H3,(H2,35,37). The largest absolute Gasteiger partial charge is 0.417 e. The third-order valence-electron chi connectivity index (χ3n) is 7.68. The summed E-state index contributed by atoms with van der Waals surface area (Å²) in [4.78, 5) is 12.5. The smallest absolute Gasteiger partial charge is 0.369 e. The number of primary amides is 1. The number of rotatable bonds is 9. The van der Waals surface area contributed by atoms with Crippen LogP contribution in [0.5, 0.6) is 0 Å². The molecular weight excluding hydrogens is 561 g/mol. The minimum Gasteiger partial charge on any atom is -0.369 e. The first-order valence-corrected chi connectivity index (χ1v) is 15.0. The van der Waals surface area contributed by atoms with Crippen LogP contribution in [0.4, 0.5) is 13.2 Å². The second kappa shape index (κ2) is 12.3. The molecule has 214 valence electrons. The molecule has 1 unspecified atom stereocenters. The van der Waals surface area contributed by atoms with Gasteiger partial charge in [0, 0.05) is 13.1 Å². The van der Waals surface area contributed by atoms with E-state index in [1.165, 1.54) is 28.6 Å².